The molecular weight excluding hydrogens is 449 g/mol. The van der Waals surface area contributed by atoms with Gasteiger partial charge in [-0.3, -0.25) is 9.59 Å². The molecule has 0 bridgehead atoms. The highest BCUT2D eigenvalue weighted by Crippen LogP contribution is 2.65. The van der Waals surface area contributed by atoms with Gasteiger partial charge in [-0.2, -0.15) is 0 Å². The molecule has 9 heteroatoms. The number of hydrogen-bond donors (Lipinski definition) is 2. The Hall–Kier alpha value is -1.53. The standard InChI is InChI=1S/C19H15Cl4FN2O2/c1-2-25-17(27)11-8-10(4-5-12(11)20)26-18(28)16-15(19(16,22)23)9-3-6-14(24)13(21)7-9/h3-8,15-16H,2H2,1H3,(H,25,27)(H,26,28)/t15-,16+/m1/s1. The number of carbonyl (C=O) groups excluding carboxylic acids is 2. The van der Waals surface area contributed by atoms with Gasteiger partial charge >= 0.3 is 0 Å². The Bertz CT molecular complexity index is 952. The second-order valence-corrected chi connectivity index (χ2v) is 8.61. The van der Waals surface area contributed by atoms with Gasteiger partial charge in [0.1, 0.15) is 10.2 Å². The molecule has 0 spiro atoms. The highest BCUT2D eigenvalue weighted by molar-refractivity contribution is 6.53. The zero-order valence-corrected chi connectivity index (χ0v) is 17.6. The van der Waals surface area contributed by atoms with Gasteiger partial charge in [0.15, 0.2) is 0 Å². The van der Waals surface area contributed by atoms with E-state index in [0.29, 0.717) is 17.8 Å². The number of amides is 2. The maximum Gasteiger partial charge on any atom is 0.252 e. The van der Waals surface area contributed by atoms with Crippen LogP contribution in [0.1, 0.15) is 28.8 Å². The van der Waals surface area contributed by atoms with Crippen LogP contribution in [-0.2, 0) is 4.79 Å². The van der Waals surface area contributed by atoms with Gasteiger partial charge in [0.2, 0.25) is 5.91 Å². The van der Waals surface area contributed by atoms with E-state index in [2.05, 4.69) is 10.6 Å². The lowest BCUT2D eigenvalue weighted by atomic mass is 10.1. The van der Waals surface area contributed by atoms with Crippen LogP contribution in [0.2, 0.25) is 10.0 Å². The molecule has 0 unspecified atom stereocenters. The molecular formula is C19H15Cl4FN2O2. The van der Waals surface area contributed by atoms with E-state index in [4.69, 9.17) is 46.4 Å². The number of benzene rings is 2. The van der Waals surface area contributed by atoms with Gasteiger partial charge < -0.3 is 10.6 Å². The monoisotopic (exact) mass is 462 g/mol. The fourth-order valence-electron chi connectivity index (χ4n) is 3.03. The Morgan fingerprint density at radius 3 is 2.46 bits per heavy atom. The SMILES string of the molecule is CCNC(=O)c1cc(NC(=O)[C@@H]2[C@@H](c3ccc(F)c(Cl)c3)C2(Cl)Cl)ccc1Cl. The van der Waals surface area contributed by atoms with Crippen LogP contribution in [0.15, 0.2) is 36.4 Å². The smallest absolute Gasteiger partial charge is 0.252 e. The summed E-state index contributed by atoms with van der Waals surface area (Å²) in [5, 5.41) is 5.53. The van der Waals surface area contributed by atoms with E-state index in [9.17, 15) is 14.0 Å². The largest absolute Gasteiger partial charge is 0.352 e. The molecule has 1 fully saturated rings. The van der Waals surface area contributed by atoms with Crippen LogP contribution in [0, 0.1) is 11.7 Å². The first-order valence-electron chi connectivity index (χ1n) is 8.38. The van der Waals surface area contributed by atoms with Crippen molar-refractivity contribution in [2.24, 2.45) is 5.92 Å². The van der Waals surface area contributed by atoms with Gasteiger partial charge in [-0.25, -0.2) is 4.39 Å². The van der Waals surface area contributed by atoms with Gasteiger partial charge in [-0.1, -0.05) is 29.3 Å². The maximum absolute atomic E-state index is 13.4. The summed E-state index contributed by atoms with van der Waals surface area (Å²) in [7, 11) is 0. The van der Waals surface area contributed by atoms with E-state index < -0.39 is 27.9 Å². The van der Waals surface area contributed by atoms with Crippen molar-refractivity contribution >= 4 is 63.9 Å². The summed E-state index contributed by atoms with van der Waals surface area (Å²) in [6, 6.07) is 8.66. The minimum atomic E-state index is -1.35. The maximum atomic E-state index is 13.4. The van der Waals surface area contributed by atoms with Crippen molar-refractivity contribution in [1.82, 2.24) is 5.32 Å². The van der Waals surface area contributed by atoms with E-state index in [-0.39, 0.29) is 21.5 Å². The molecule has 1 saturated carbocycles. The Balaban J connectivity index is 1.79. The van der Waals surface area contributed by atoms with Crippen molar-refractivity contribution in [2.45, 2.75) is 17.2 Å². The molecule has 2 atom stereocenters. The molecule has 0 heterocycles. The third-order valence-corrected chi connectivity index (χ3v) is 6.01. The van der Waals surface area contributed by atoms with Crippen molar-refractivity contribution in [2.75, 3.05) is 11.9 Å². The highest BCUT2D eigenvalue weighted by atomic mass is 35.5. The predicted octanol–water partition coefficient (Wildman–Crippen LogP) is 5.41. The Morgan fingerprint density at radius 2 is 1.82 bits per heavy atom. The number of rotatable bonds is 5. The second-order valence-electron chi connectivity index (χ2n) is 6.35. The summed E-state index contributed by atoms with van der Waals surface area (Å²) in [5.41, 5.74) is 1.18. The van der Waals surface area contributed by atoms with Crippen molar-refractivity contribution in [1.29, 1.82) is 0 Å². The predicted molar refractivity (Wildman–Crippen MR) is 110 cm³/mol. The molecule has 3 rings (SSSR count). The summed E-state index contributed by atoms with van der Waals surface area (Å²) in [6.07, 6.45) is 0. The number of carbonyl (C=O) groups is 2. The lowest BCUT2D eigenvalue weighted by molar-refractivity contribution is -0.117. The number of nitrogens with one attached hydrogen (secondary N) is 2. The van der Waals surface area contributed by atoms with Gasteiger partial charge in [0.25, 0.3) is 5.91 Å². The number of anilines is 1. The summed E-state index contributed by atoms with van der Waals surface area (Å²) < 4.78 is 12.0. The minimum absolute atomic E-state index is 0.0722. The van der Waals surface area contributed by atoms with Crippen molar-refractivity contribution in [3.63, 3.8) is 0 Å². The molecule has 4 nitrogen and oxygen atoms in total. The van der Waals surface area contributed by atoms with Gasteiger partial charge in [0, 0.05) is 18.2 Å². The Kier molecular flexibility index (Phi) is 6.11. The van der Waals surface area contributed by atoms with Gasteiger partial charge in [-0.15, -0.1) is 23.2 Å². The van der Waals surface area contributed by atoms with Crippen LogP contribution >= 0.6 is 46.4 Å². The molecule has 2 N–H and O–H groups in total. The summed E-state index contributed by atoms with van der Waals surface area (Å²) in [4.78, 5) is 24.8. The minimum Gasteiger partial charge on any atom is -0.352 e. The third-order valence-electron chi connectivity index (χ3n) is 4.45. The zero-order valence-electron chi connectivity index (χ0n) is 14.5. The first-order chi connectivity index (χ1) is 13.2. The number of halogens is 5. The second kappa shape index (κ2) is 8.07. The van der Waals surface area contributed by atoms with Crippen molar-refractivity contribution < 1.29 is 14.0 Å². The number of alkyl halides is 2. The fraction of sp³-hybridized carbons (Fsp3) is 0.263. The zero-order chi connectivity index (χ0) is 20.6. The van der Waals surface area contributed by atoms with E-state index >= 15 is 0 Å². The van der Waals surface area contributed by atoms with E-state index in [1.165, 1.54) is 30.3 Å². The summed E-state index contributed by atoms with van der Waals surface area (Å²) in [6.45, 7) is 2.23. The molecule has 0 radical (unpaired) electrons. The molecule has 2 amide bonds. The molecule has 0 aliphatic heterocycles. The Labute approximate surface area is 181 Å². The lowest BCUT2D eigenvalue weighted by Gasteiger charge is -2.09. The average Bonchev–Trinajstić information content (AvgIpc) is 3.21. The molecule has 28 heavy (non-hydrogen) atoms. The fourth-order valence-corrected chi connectivity index (χ4v) is 4.25. The Morgan fingerprint density at radius 1 is 1.11 bits per heavy atom. The van der Waals surface area contributed by atoms with Crippen LogP contribution in [-0.4, -0.2) is 22.7 Å². The quantitative estimate of drug-likeness (QED) is 0.582. The summed E-state index contributed by atoms with van der Waals surface area (Å²) >= 11 is 24.5. The van der Waals surface area contributed by atoms with Crippen LogP contribution in [0.5, 0.6) is 0 Å². The molecule has 0 aromatic heterocycles. The first-order valence-corrected chi connectivity index (χ1v) is 9.89. The molecule has 0 saturated heterocycles. The summed E-state index contributed by atoms with van der Waals surface area (Å²) in [5.74, 6) is -2.65. The van der Waals surface area contributed by atoms with E-state index in [0.717, 1.165) is 0 Å². The highest BCUT2D eigenvalue weighted by Gasteiger charge is 2.67. The molecule has 2 aromatic rings. The van der Waals surface area contributed by atoms with Crippen molar-refractivity contribution in [3.8, 4) is 0 Å². The molecule has 1 aliphatic rings. The first kappa shape index (κ1) is 21.2. The molecule has 2 aromatic carbocycles. The van der Waals surface area contributed by atoms with Crippen LogP contribution < -0.4 is 10.6 Å². The topological polar surface area (TPSA) is 58.2 Å². The van der Waals surface area contributed by atoms with Gasteiger partial charge in [0.05, 0.1) is 21.5 Å². The molecule has 1 aliphatic carbocycles. The number of hydrogen-bond acceptors (Lipinski definition) is 2. The average molecular weight is 464 g/mol. The van der Waals surface area contributed by atoms with E-state index in [1.54, 1.807) is 13.0 Å². The van der Waals surface area contributed by atoms with Crippen molar-refractivity contribution in [3.05, 3.63) is 63.4 Å². The lowest BCUT2D eigenvalue weighted by Crippen LogP contribution is -2.23. The third kappa shape index (κ3) is 4.08. The van der Waals surface area contributed by atoms with Crippen LogP contribution in [0.25, 0.3) is 0 Å². The van der Waals surface area contributed by atoms with Gasteiger partial charge in [-0.05, 0) is 42.8 Å². The molecule has 148 valence electrons. The van der Waals surface area contributed by atoms with E-state index in [1.807, 2.05) is 0 Å². The normalized spacial score (nSPS) is 19.8. The van der Waals surface area contributed by atoms with Crippen LogP contribution in [0.3, 0.4) is 0 Å². The van der Waals surface area contributed by atoms with Crippen LogP contribution in [0.4, 0.5) is 10.1 Å².